The maximum Gasteiger partial charge on any atom is 0.125 e. The monoisotopic (exact) mass is 268 g/mol. The first-order valence-electron chi connectivity index (χ1n) is 6.18. The topological polar surface area (TPSA) is 38.7 Å². The lowest BCUT2D eigenvalue weighted by Gasteiger charge is -2.38. The van der Waals surface area contributed by atoms with Crippen molar-refractivity contribution in [3.63, 3.8) is 0 Å². The molecule has 18 heavy (non-hydrogen) atoms. The molecule has 0 aromatic heterocycles. The number of benzene rings is 1. The molecule has 1 saturated heterocycles. The molecule has 1 aliphatic rings. The van der Waals surface area contributed by atoms with Gasteiger partial charge in [0.1, 0.15) is 17.1 Å². The number of aliphatic hydroxyl groups is 1. The molecule has 1 aliphatic heterocycles. The van der Waals surface area contributed by atoms with E-state index < -0.39 is 5.60 Å². The predicted octanol–water partition coefficient (Wildman–Crippen LogP) is 2.81. The number of rotatable bonds is 3. The molecule has 2 unspecified atom stereocenters. The summed E-state index contributed by atoms with van der Waals surface area (Å²) in [5.74, 6) is 2.59. The van der Waals surface area contributed by atoms with Gasteiger partial charge >= 0.3 is 0 Å². The van der Waals surface area contributed by atoms with Crippen molar-refractivity contribution in [1.29, 1.82) is 0 Å². The van der Waals surface area contributed by atoms with Crippen molar-refractivity contribution < 1.29 is 14.6 Å². The predicted molar refractivity (Wildman–Crippen MR) is 74.6 cm³/mol. The van der Waals surface area contributed by atoms with Gasteiger partial charge in [-0.25, -0.2) is 0 Å². The summed E-state index contributed by atoms with van der Waals surface area (Å²) in [6, 6.07) is 5.60. The van der Waals surface area contributed by atoms with E-state index >= 15 is 0 Å². The molecule has 0 bridgehead atoms. The maximum atomic E-state index is 11.0. The fourth-order valence-corrected chi connectivity index (χ4v) is 3.63. The summed E-state index contributed by atoms with van der Waals surface area (Å²) in [4.78, 5) is 0. The van der Waals surface area contributed by atoms with Gasteiger partial charge in [-0.05, 0) is 36.8 Å². The second kappa shape index (κ2) is 5.41. The summed E-state index contributed by atoms with van der Waals surface area (Å²) in [5, 5.41) is 11.1. The Labute approximate surface area is 112 Å². The lowest BCUT2D eigenvalue weighted by molar-refractivity contribution is 0.0229. The molecular weight excluding hydrogens is 248 g/mol. The minimum Gasteiger partial charge on any atom is -0.497 e. The molecule has 1 aromatic carbocycles. The summed E-state index contributed by atoms with van der Waals surface area (Å²) >= 11 is 1.81. The molecule has 4 heteroatoms. The summed E-state index contributed by atoms with van der Waals surface area (Å²) in [5.41, 5.74) is 0.00653. The molecule has 1 fully saturated rings. The van der Waals surface area contributed by atoms with Gasteiger partial charge in [0, 0.05) is 10.8 Å². The van der Waals surface area contributed by atoms with Crippen LogP contribution in [0.1, 0.15) is 25.3 Å². The Morgan fingerprint density at radius 2 is 2.11 bits per heavy atom. The molecule has 3 nitrogen and oxygen atoms in total. The van der Waals surface area contributed by atoms with Crippen molar-refractivity contribution in [2.24, 2.45) is 0 Å². The third kappa shape index (κ3) is 2.31. The lowest BCUT2D eigenvalue weighted by atomic mass is 9.85. The van der Waals surface area contributed by atoms with Gasteiger partial charge in [0.05, 0.1) is 14.2 Å². The number of methoxy groups -OCH3 is 2. The molecular formula is C14H20O3S. The molecule has 0 spiro atoms. The fourth-order valence-electron chi connectivity index (χ4n) is 2.45. The molecule has 0 radical (unpaired) electrons. The summed E-state index contributed by atoms with van der Waals surface area (Å²) < 4.78 is 10.6. The maximum absolute atomic E-state index is 11.0. The van der Waals surface area contributed by atoms with E-state index in [-0.39, 0.29) is 5.25 Å². The number of hydrogen-bond acceptors (Lipinski definition) is 4. The zero-order valence-corrected chi connectivity index (χ0v) is 11.9. The van der Waals surface area contributed by atoms with E-state index in [0.29, 0.717) is 0 Å². The van der Waals surface area contributed by atoms with E-state index in [9.17, 15) is 5.11 Å². The van der Waals surface area contributed by atoms with Crippen LogP contribution in [-0.4, -0.2) is 30.3 Å². The fraction of sp³-hybridized carbons (Fsp3) is 0.571. The van der Waals surface area contributed by atoms with Crippen LogP contribution >= 0.6 is 11.8 Å². The van der Waals surface area contributed by atoms with E-state index in [1.807, 2.05) is 18.2 Å². The number of thioether (sulfide) groups is 1. The highest BCUT2D eigenvalue weighted by Crippen LogP contribution is 2.45. The third-order valence-corrected chi connectivity index (χ3v) is 5.03. The van der Waals surface area contributed by atoms with Crippen LogP contribution in [-0.2, 0) is 5.60 Å². The molecule has 1 N–H and O–H groups in total. The SMILES string of the molecule is COc1ccc(OC)c(C2(O)CCCSC2C)c1. The van der Waals surface area contributed by atoms with Crippen LogP contribution in [0, 0.1) is 0 Å². The second-order valence-corrected chi connectivity index (χ2v) is 6.06. The molecule has 1 heterocycles. The number of ether oxygens (including phenoxy) is 2. The average Bonchev–Trinajstić information content (AvgIpc) is 2.41. The second-order valence-electron chi connectivity index (χ2n) is 4.61. The standard InChI is InChI=1S/C14H20O3S/c1-10-14(15,7-4-8-18-10)12-9-11(16-2)5-6-13(12)17-3/h5-6,9-10,15H,4,7-8H2,1-3H3. The Balaban J connectivity index is 2.46. The van der Waals surface area contributed by atoms with Crippen LogP contribution in [0.4, 0.5) is 0 Å². The highest BCUT2D eigenvalue weighted by atomic mass is 32.2. The van der Waals surface area contributed by atoms with Crippen molar-refractivity contribution in [3.8, 4) is 11.5 Å². The normalized spacial score (nSPS) is 27.9. The highest BCUT2D eigenvalue weighted by molar-refractivity contribution is 8.00. The van der Waals surface area contributed by atoms with E-state index in [1.54, 1.807) is 26.0 Å². The Hall–Kier alpha value is -0.870. The minimum absolute atomic E-state index is 0.159. The van der Waals surface area contributed by atoms with Crippen LogP contribution in [0.25, 0.3) is 0 Å². The molecule has 100 valence electrons. The van der Waals surface area contributed by atoms with Crippen molar-refractivity contribution >= 4 is 11.8 Å². The minimum atomic E-state index is -0.831. The van der Waals surface area contributed by atoms with Crippen molar-refractivity contribution in [2.75, 3.05) is 20.0 Å². The van der Waals surface area contributed by atoms with Gasteiger partial charge in [-0.15, -0.1) is 0 Å². The molecule has 2 rings (SSSR count). The smallest absolute Gasteiger partial charge is 0.125 e. The summed E-state index contributed by atoms with van der Waals surface area (Å²) in [6.45, 7) is 2.07. The third-order valence-electron chi connectivity index (χ3n) is 3.62. The van der Waals surface area contributed by atoms with Crippen molar-refractivity contribution in [2.45, 2.75) is 30.6 Å². The van der Waals surface area contributed by atoms with E-state index in [2.05, 4.69) is 6.92 Å². The van der Waals surface area contributed by atoms with Gasteiger partial charge in [0.2, 0.25) is 0 Å². The highest BCUT2D eigenvalue weighted by Gasteiger charge is 2.40. The van der Waals surface area contributed by atoms with Gasteiger partial charge in [0.25, 0.3) is 0 Å². The van der Waals surface area contributed by atoms with Crippen LogP contribution < -0.4 is 9.47 Å². The van der Waals surface area contributed by atoms with Gasteiger partial charge in [-0.3, -0.25) is 0 Å². The Morgan fingerprint density at radius 1 is 1.33 bits per heavy atom. The average molecular weight is 268 g/mol. The zero-order valence-electron chi connectivity index (χ0n) is 11.1. The first-order chi connectivity index (χ1) is 8.61. The molecule has 0 amide bonds. The van der Waals surface area contributed by atoms with Crippen molar-refractivity contribution in [1.82, 2.24) is 0 Å². The van der Waals surface area contributed by atoms with Crippen LogP contribution in [0.15, 0.2) is 18.2 Å². The van der Waals surface area contributed by atoms with Crippen molar-refractivity contribution in [3.05, 3.63) is 23.8 Å². The number of hydrogen-bond donors (Lipinski definition) is 1. The molecule has 0 saturated carbocycles. The van der Waals surface area contributed by atoms with Crippen LogP contribution in [0.3, 0.4) is 0 Å². The van der Waals surface area contributed by atoms with Gasteiger partial charge < -0.3 is 14.6 Å². The first-order valence-corrected chi connectivity index (χ1v) is 7.23. The summed E-state index contributed by atoms with van der Waals surface area (Å²) in [6.07, 6.45) is 1.79. The molecule has 0 aliphatic carbocycles. The summed E-state index contributed by atoms with van der Waals surface area (Å²) in [7, 11) is 3.27. The van der Waals surface area contributed by atoms with E-state index in [1.165, 1.54) is 0 Å². The Morgan fingerprint density at radius 3 is 2.72 bits per heavy atom. The van der Waals surface area contributed by atoms with Gasteiger partial charge in [0.15, 0.2) is 0 Å². The zero-order chi connectivity index (χ0) is 13.2. The lowest BCUT2D eigenvalue weighted by Crippen LogP contribution is -2.39. The molecule has 1 aromatic rings. The Kier molecular flexibility index (Phi) is 4.07. The molecule has 2 atom stereocenters. The van der Waals surface area contributed by atoms with Crippen LogP contribution in [0.5, 0.6) is 11.5 Å². The van der Waals surface area contributed by atoms with Gasteiger partial charge in [-0.1, -0.05) is 6.92 Å². The Bertz CT molecular complexity index is 422. The van der Waals surface area contributed by atoms with Crippen LogP contribution in [0.2, 0.25) is 0 Å². The van der Waals surface area contributed by atoms with E-state index in [0.717, 1.165) is 35.7 Å². The van der Waals surface area contributed by atoms with Gasteiger partial charge in [-0.2, -0.15) is 11.8 Å². The largest absolute Gasteiger partial charge is 0.497 e. The van der Waals surface area contributed by atoms with E-state index in [4.69, 9.17) is 9.47 Å². The quantitative estimate of drug-likeness (QED) is 0.915. The first kappa shape index (κ1) is 13.6.